The van der Waals surface area contributed by atoms with E-state index in [4.69, 9.17) is 0 Å². The molecule has 1 aliphatic rings. The minimum Gasteiger partial charge on any atom is -0.384 e. The lowest BCUT2D eigenvalue weighted by Crippen LogP contribution is -2.33. The molecule has 1 heterocycles. The van der Waals surface area contributed by atoms with Crippen LogP contribution in [0.1, 0.15) is 19.3 Å². The molecule has 1 aromatic carbocycles. The van der Waals surface area contributed by atoms with Crippen LogP contribution in [0.5, 0.6) is 5.75 Å². The van der Waals surface area contributed by atoms with Gasteiger partial charge >= 0.3 is 0 Å². The van der Waals surface area contributed by atoms with Gasteiger partial charge in [0.2, 0.25) is 11.8 Å². The molecule has 1 saturated heterocycles. The molecule has 0 aromatic heterocycles. The van der Waals surface area contributed by atoms with Crippen molar-refractivity contribution in [3.8, 4) is 5.75 Å². The Bertz CT molecular complexity index is 461. The molecule has 6 nitrogen and oxygen atoms in total. The second-order valence-corrected chi connectivity index (χ2v) is 4.08. The van der Waals surface area contributed by atoms with Gasteiger partial charge in [-0.05, 0) is 18.6 Å². The fraction of sp³-hybridized carbons (Fsp3) is 0.273. The van der Waals surface area contributed by atoms with Crippen LogP contribution >= 0.6 is 0 Å². The van der Waals surface area contributed by atoms with Crippen LogP contribution in [0, 0.1) is 0 Å². The van der Waals surface area contributed by atoms with Gasteiger partial charge in [-0.2, -0.15) is 8.42 Å². The van der Waals surface area contributed by atoms with E-state index >= 15 is 0 Å². The van der Waals surface area contributed by atoms with Gasteiger partial charge in [0.05, 0.1) is 0 Å². The van der Waals surface area contributed by atoms with E-state index in [0.717, 1.165) is 0 Å². The van der Waals surface area contributed by atoms with Gasteiger partial charge in [0.1, 0.15) is 5.75 Å². The molecule has 0 radical (unpaired) electrons. The predicted molar refractivity (Wildman–Crippen MR) is 64.4 cm³/mol. The minimum atomic E-state index is -2.78. The van der Waals surface area contributed by atoms with E-state index in [0.29, 0.717) is 25.0 Å². The molecule has 0 saturated carbocycles. The van der Waals surface area contributed by atoms with Crippen molar-refractivity contribution >= 4 is 22.8 Å². The first-order valence-corrected chi connectivity index (χ1v) is 6.37. The van der Waals surface area contributed by atoms with Crippen LogP contribution in [0.3, 0.4) is 0 Å². The van der Waals surface area contributed by atoms with Crippen molar-refractivity contribution in [2.45, 2.75) is 19.3 Å². The van der Waals surface area contributed by atoms with Gasteiger partial charge in [-0.15, -0.1) is 0 Å². The second-order valence-electron chi connectivity index (χ2n) is 3.45. The Morgan fingerprint density at radius 2 is 1.56 bits per heavy atom. The van der Waals surface area contributed by atoms with Crippen LogP contribution in [0.2, 0.25) is 0 Å². The highest BCUT2D eigenvalue weighted by Crippen LogP contribution is 2.07. The average molecular weight is 271 g/mol. The maximum atomic E-state index is 10.3. The molecule has 2 rings (SSSR count). The first-order chi connectivity index (χ1) is 8.58. The standard InChI is InChI=1S/C6H6O3S.C5H7NO2/c7-10(8)9-6-4-2-1-3-5-6;7-4-2-1-3-5(8)6-4/h1-5,10H;1-3H2,(H,6,7,8). The maximum absolute atomic E-state index is 10.3. The molecule has 0 unspecified atom stereocenters. The van der Waals surface area contributed by atoms with E-state index in [9.17, 15) is 18.0 Å². The summed E-state index contributed by atoms with van der Waals surface area (Å²) < 4.78 is 24.3. The third kappa shape index (κ3) is 6.00. The quantitative estimate of drug-likeness (QED) is 0.600. The summed E-state index contributed by atoms with van der Waals surface area (Å²) in [7, 11) is -2.78. The van der Waals surface area contributed by atoms with Gasteiger partial charge in [0.15, 0.2) is 0 Å². The third-order valence-electron chi connectivity index (χ3n) is 2.01. The number of carbonyl (C=O) groups excluding carboxylic acids is 2. The number of rotatable bonds is 2. The zero-order valence-electron chi connectivity index (χ0n) is 9.50. The first-order valence-electron chi connectivity index (χ1n) is 5.28. The van der Waals surface area contributed by atoms with E-state index in [-0.39, 0.29) is 11.8 Å². The van der Waals surface area contributed by atoms with Crippen molar-refractivity contribution in [1.82, 2.24) is 5.32 Å². The van der Waals surface area contributed by atoms with E-state index in [1.165, 1.54) is 0 Å². The van der Waals surface area contributed by atoms with Crippen LogP contribution in [0.15, 0.2) is 30.3 Å². The molecule has 1 N–H and O–H groups in total. The number of imide groups is 1. The molecule has 0 atom stereocenters. The molecule has 1 aliphatic heterocycles. The van der Waals surface area contributed by atoms with Gasteiger partial charge < -0.3 is 4.18 Å². The maximum Gasteiger partial charge on any atom is 0.299 e. The van der Waals surface area contributed by atoms with E-state index in [1.54, 1.807) is 30.3 Å². The largest absolute Gasteiger partial charge is 0.384 e. The predicted octanol–water partition coefficient (Wildman–Crippen LogP) is 0.405. The highest BCUT2D eigenvalue weighted by atomic mass is 32.2. The highest BCUT2D eigenvalue weighted by Gasteiger charge is 2.12. The normalized spacial score (nSPS) is 14.5. The number of nitrogens with one attached hydrogen (secondary N) is 1. The number of benzene rings is 1. The van der Waals surface area contributed by atoms with Crippen molar-refractivity contribution in [1.29, 1.82) is 0 Å². The highest BCUT2D eigenvalue weighted by molar-refractivity contribution is 7.67. The summed E-state index contributed by atoms with van der Waals surface area (Å²) in [5.41, 5.74) is 0. The number of carbonyl (C=O) groups is 2. The van der Waals surface area contributed by atoms with E-state index in [1.807, 2.05) is 0 Å². The molecule has 2 amide bonds. The lowest BCUT2D eigenvalue weighted by atomic mass is 10.1. The van der Waals surface area contributed by atoms with Crippen molar-refractivity contribution in [3.05, 3.63) is 30.3 Å². The average Bonchev–Trinajstić information content (AvgIpc) is 2.30. The molecule has 0 aliphatic carbocycles. The molecule has 0 spiro atoms. The topological polar surface area (TPSA) is 89.5 Å². The van der Waals surface area contributed by atoms with Crippen LogP contribution in [-0.2, 0) is 20.6 Å². The summed E-state index contributed by atoms with van der Waals surface area (Å²) in [6.07, 6.45) is 1.72. The monoisotopic (exact) mass is 271 g/mol. The molecule has 98 valence electrons. The van der Waals surface area contributed by atoms with Crippen molar-refractivity contribution in [3.63, 3.8) is 0 Å². The summed E-state index contributed by atoms with van der Waals surface area (Å²) in [5.74, 6) is 0.0705. The summed E-state index contributed by atoms with van der Waals surface area (Å²) in [6.45, 7) is 0. The Morgan fingerprint density at radius 3 is 1.94 bits per heavy atom. The number of hydrogen-bond acceptors (Lipinski definition) is 5. The first kappa shape index (κ1) is 14.2. The lowest BCUT2D eigenvalue weighted by molar-refractivity contribution is -0.132. The van der Waals surface area contributed by atoms with Crippen LogP contribution < -0.4 is 9.50 Å². The molecule has 0 bridgehead atoms. The van der Waals surface area contributed by atoms with Gasteiger partial charge in [-0.1, -0.05) is 18.2 Å². The Labute approximate surface area is 106 Å². The molecule has 7 heteroatoms. The van der Waals surface area contributed by atoms with Crippen LogP contribution in [0.25, 0.3) is 0 Å². The number of hydrogen-bond donors (Lipinski definition) is 2. The Hall–Kier alpha value is -1.89. The van der Waals surface area contributed by atoms with Crippen LogP contribution in [0.4, 0.5) is 0 Å². The SMILES string of the molecule is O=C1CCCC(=O)N1.O=[SH](=O)Oc1ccccc1. The molecular weight excluding hydrogens is 258 g/mol. The van der Waals surface area contributed by atoms with Crippen molar-refractivity contribution in [2.75, 3.05) is 0 Å². The Kier molecular flexibility index (Phi) is 5.86. The zero-order chi connectivity index (χ0) is 13.4. The molecule has 1 aromatic rings. The number of thiol groups is 1. The van der Waals surface area contributed by atoms with E-state index in [2.05, 4.69) is 9.50 Å². The summed E-state index contributed by atoms with van der Waals surface area (Å²) >= 11 is 0. The van der Waals surface area contributed by atoms with Gasteiger partial charge in [0, 0.05) is 12.8 Å². The summed E-state index contributed by atoms with van der Waals surface area (Å²) in [5, 5.41) is 2.20. The number of amides is 2. The third-order valence-corrected chi connectivity index (χ3v) is 2.37. The molecular formula is C11H13NO5S. The zero-order valence-corrected chi connectivity index (χ0v) is 10.4. The van der Waals surface area contributed by atoms with Gasteiger partial charge in [-0.3, -0.25) is 14.9 Å². The summed E-state index contributed by atoms with van der Waals surface area (Å²) in [6, 6.07) is 8.34. The second kappa shape index (κ2) is 7.44. The minimum absolute atomic E-state index is 0.138. The Morgan fingerprint density at radius 1 is 1.00 bits per heavy atom. The van der Waals surface area contributed by atoms with E-state index < -0.39 is 11.0 Å². The van der Waals surface area contributed by atoms with Crippen molar-refractivity contribution in [2.24, 2.45) is 0 Å². The number of para-hydroxylation sites is 1. The Balaban J connectivity index is 0.000000184. The molecule has 1 fully saturated rings. The number of piperidine rings is 1. The lowest BCUT2D eigenvalue weighted by Gasteiger charge is -2.07. The fourth-order valence-electron chi connectivity index (χ4n) is 1.26. The molecule has 18 heavy (non-hydrogen) atoms. The smallest absolute Gasteiger partial charge is 0.299 e. The fourth-order valence-corrected chi connectivity index (χ4v) is 1.55. The van der Waals surface area contributed by atoms with Crippen LogP contribution in [-0.4, -0.2) is 20.2 Å². The van der Waals surface area contributed by atoms with Gasteiger partial charge in [-0.25, -0.2) is 0 Å². The van der Waals surface area contributed by atoms with Gasteiger partial charge in [0.25, 0.3) is 11.0 Å². The summed E-state index contributed by atoms with van der Waals surface area (Å²) in [4.78, 5) is 20.7. The van der Waals surface area contributed by atoms with Crippen molar-refractivity contribution < 1.29 is 22.2 Å².